The zero-order chi connectivity index (χ0) is 19.7. The monoisotopic (exact) mass is 371 g/mol. The van der Waals surface area contributed by atoms with Crippen LogP contribution < -0.4 is 4.74 Å². The van der Waals surface area contributed by atoms with E-state index >= 15 is 0 Å². The van der Waals surface area contributed by atoms with Gasteiger partial charge in [-0.1, -0.05) is 36.4 Å². The van der Waals surface area contributed by atoms with Gasteiger partial charge in [0.25, 0.3) is 0 Å². The first kappa shape index (κ1) is 17.9. The minimum atomic E-state index is -0.926. The third kappa shape index (κ3) is 3.25. The van der Waals surface area contributed by atoms with E-state index in [1.54, 1.807) is 0 Å². The molecule has 0 unspecified atom stereocenters. The number of aryl methyl sites for hydroxylation is 2. The Morgan fingerprint density at radius 2 is 1.71 bits per heavy atom. The maximum atomic E-state index is 12.0. The van der Waals surface area contributed by atoms with Gasteiger partial charge in [0.2, 0.25) is 0 Å². The van der Waals surface area contributed by atoms with Crippen molar-refractivity contribution < 1.29 is 14.6 Å². The zero-order valence-corrected chi connectivity index (χ0v) is 15.8. The highest BCUT2D eigenvalue weighted by atomic mass is 16.5. The number of aromatic nitrogens is 1. The Hall–Kier alpha value is -3.53. The van der Waals surface area contributed by atoms with Gasteiger partial charge >= 0.3 is 5.97 Å². The molecule has 0 spiro atoms. The Bertz CT molecular complexity index is 1160. The Kier molecular flexibility index (Phi) is 4.62. The summed E-state index contributed by atoms with van der Waals surface area (Å²) in [5.41, 5.74) is 5.69. The lowest BCUT2D eigenvalue weighted by atomic mass is 9.96. The molecule has 4 nitrogen and oxygen atoms in total. The lowest BCUT2D eigenvalue weighted by molar-refractivity contribution is 0.0700. The van der Waals surface area contributed by atoms with Crippen LogP contribution in [0.4, 0.5) is 0 Å². The molecule has 0 fully saturated rings. The van der Waals surface area contributed by atoms with E-state index in [0.717, 1.165) is 28.0 Å². The number of hydrogen-bond acceptors (Lipinski definition) is 2. The van der Waals surface area contributed by atoms with E-state index in [9.17, 15) is 9.90 Å². The molecule has 2 aromatic carbocycles. The number of fused-ring (bicyclic) bond motifs is 1. The van der Waals surface area contributed by atoms with Crippen molar-refractivity contribution in [2.75, 3.05) is 0 Å². The number of hydrogen-bond donors (Lipinski definition) is 1. The molecule has 28 heavy (non-hydrogen) atoms. The quantitative estimate of drug-likeness (QED) is 0.504. The van der Waals surface area contributed by atoms with Gasteiger partial charge in [-0.3, -0.25) is 0 Å². The Morgan fingerprint density at radius 1 is 0.964 bits per heavy atom. The molecule has 0 saturated carbocycles. The van der Waals surface area contributed by atoms with Crippen LogP contribution in [0.3, 0.4) is 0 Å². The summed E-state index contributed by atoms with van der Waals surface area (Å²) in [7, 11) is 0. The van der Waals surface area contributed by atoms with Crippen LogP contribution in [0.1, 0.15) is 27.0 Å². The van der Waals surface area contributed by atoms with Gasteiger partial charge in [-0.2, -0.15) is 0 Å². The van der Waals surface area contributed by atoms with Gasteiger partial charge < -0.3 is 14.2 Å². The van der Waals surface area contributed by atoms with Gasteiger partial charge in [0.15, 0.2) is 0 Å². The number of carboxylic acids is 1. The number of aromatic carboxylic acids is 1. The number of benzene rings is 2. The highest BCUT2D eigenvalue weighted by Crippen LogP contribution is 2.35. The molecule has 2 heterocycles. The van der Waals surface area contributed by atoms with Gasteiger partial charge in [-0.15, -0.1) is 0 Å². The first-order valence-electron chi connectivity index (χ1n) is 9.16. The maximum absolute atomic E-state index is 12.0. The average molecular weight is 371 g/mol. The summed E-state index contributed by atoms with van der Waals surface area (Å²) in [6.45, 7) is 4.47. The van der Waals surface area contributed by atoms with E-state index in [-0.39, 0.29) is 0 Å². The topological polar surface area (TPSA) is 50.9 Å². The van der Waals surface area contributed by atoms with Crippen LogP contribution >= 0.6 is 0 Å². The molecule has 0 aliphatic heterocycles. The van der Waals surface area contributed by atoms with Gasteiger partial charge in [0.05, 0.1) is 11.1 Å². The molecule has 4 heteroatoms. The van der Waals surface area contributed by atoms with Crippen LogP contribution in [0.5, 0.6) is 5.75 Å². The Balaban J connectivity index is 1.74. The second-order valence-corrected chi connectivity index (χ2v) is 6.92. The maximum Gasteiger partial charge on any atom is 0.338 e. The molecule has 4 aromatic rings. The number of pyridine rings is 1. The highest BCUT2D eigenvalue weighted by Gasteiger charge is 2.20. The van der Waals surface area contributed by atoms with Crippen molar-refractivity contribution in [3.8, 4) is 16.9 Å². The first-order chi connectivity index (χ1) is 13.5. The second-order valence-electron chi connectivity index (χ2n) is 6.92. The third-order valence-corrected chi connectivity index (χ3v) is 4.95. The van der Waals surface area contributed by atoms with Gasteiger partial charge in [-0.05, 0) is 60.4 Å². The molecule has 0 bridgehead atoms. The van der Waals surface area contributed by atoms with Crippen molar-refractivity contribution in [3.05, 3.63) is 95.3 Å². The van der Waals surface area contributed by atoms with Crippen LogP contribution in [0.25, 0.3) is 16.6 Å². The van der Waals surface area contributed by atoms with Crippen molar-refractivity contribution in [3.63, 3.8) is 0 Å². The lowest BCUT2D eigenvalue weighted by Gasteiger charge is -2.14. The van der Waals surface area contributed by atoms with E-state index in [0.29, 0.717) is 23.3 Å². The highest BCUT2D eigenvalue weighted by molar-refractivity contribution is 6.04. The van der Waals surface area contributed by atoms with Crippen LogP contribution in [0, 0.1) is 13.8 Å². The van der Waals surface area contributed by atoms with Crippen molar-refractivity contribution in [2.24, 2.45) is 0 Å². The Labute approximate surface area is 163 Å². The largest absolute Gasteiger partial charge is 0.489 e. The number of carboxylic acid groups (broad SMARTS) is 1. The zero-order valence-electron chi connectivity index (χ0n) is 15.8. The van der Waals surface area contributed by atoms with Crippen LogP contribution in [-0.4, -0.2) is 15.5 Å². The van der Waals surface area contributed by atoms with Gasteiger partial charge in [-0.25, -0.2) is 4.79 Å². The van der Waals surface area contributed by atoms with Crippen molar-refractivity contribution >= 4 is 11.5 Å². The standard InChI is InChI=1S/C24H21NO3/c1-16-13-22(28-15-18-8-4-3-5-9-18)17(2)12-19(16)20-14-25-11-7-6-10-21(25)23(20)24(26)27/h3-14H,15H2,1-2H3,(H,26,27). The molecule has 140 valence electrons. The van der Waals surface area contributed by atoms with E-state index < -0.39 is 5.97 Å². The summed E-state index contributed by atoms with van der Waals surface area (Å²) >= 11 is 0. The SMILES string of the molecule is Cc1cc(-c2cn3ccccc3c2C(=O)O)c(C)cc1OCc1ccccc1. The number of nitrogens with zero attached hydrogens (tertiary/aromatic N) is 1. The molecule has 0 atom stereocenters. The fourth-order valence-electron chi connectivity index (χ4n) is 3.52. The van der Waals surface area contributed by atoms with Gasteiger partial charge in [0.1, 0.15) is 12.4 Å². The van der Waals surface area contributed by atoms with E-state index in [2.05, 4.69) is 0 Å². The lowest BCUT2D eigenvalue weighted by Crippen LogP contribution is -2.00. The molecule has 0 aliphatic rings. The fraction of sp³-hybridized carbons (Fsp3) is 0.125. The molecule has 0 saturated heterocycles. The van der Waals surface area contributed by atoms with Crippen LogP contribution in [0.2, 0.25) is 0 Å². The molecule has 4 rings (SSSR count). The molecular weight excluding hydrogens is 350 g/mol. The summed E-state index contributed by atoms with van der Waals surface area (Å²) in [6, 6.07) is 19.6. The normalized spacial score (nSPS) is 10.9. The van der Waals surface area contributed by atoms with Crippen molar-refractivity contribution in [1.82, 2.24) is 4.40 Å². The molecule has 0 radical (unpaired) electrons. The van der Waals surface area contributed by atoms with Crippen molar-refractivity contribution in [2.45, 2.75) is 20.5 Å². The number of ether oxygens (including phenoxy) is 1. The van der Waals surface area contributed by atoms with E-state index in [1.165, 1.54) is 0 Å². The first-order valence-corrected chi connectivity index (χ1v) is 9.16. The van der Waals surface area contributed by atoms with Crippen LogP contribution in [0.15, 0.2) is 73.1 Å². The van der Waals surface area contributed by atoms with Gasteiger partial charge in [0, 0.05) is 18.0 Å². The van der Waals surface area contributed by atoms with E-state index in [1.807, 2.05) is 91.3 Å². The molecule has 0 aliphatic carbocycles. The summed E-state index contributed by atoms with van der Waals surface area (Å²) in [5.74, 6) is -0.115. The third-order valence-electron chi connectivity index (χ3n) is 4.95. The Morgan fingerprint density at radius 3 is 2.46 bits per heavy atom. The van der Waals surface area contributed by atoms with E-state index in [4.69, 9.17) is 4.74 Å². The molecule has 0 amide bonds. The number of carbonyl (C=O) groups is 1. The summed E-state index contributed by atoms with van der Waals surface area (Å²) < 4.78 is 7.86. The predicted octanol–water partition coefficient (Wildman–Crippen LogP) is 5.50. The smallest absolute Gasteiger partial charge is 0.338 e. The minimum absolute atomic E-state index is 0.320. The molecule has 2 aromatic heterocycles. The summed E-state index contributed by atoms with van der Waals surface area (Å²) in [5, 5.41) is 9.80. The van der Waals surface area contributed by atoms with Crippen LogP contribution in [-0.2, 0) is 6.61 Å². The minimum Gasteiger partial charge on any atom is -0.489 e. The predicted molar refractivity (Wildman–Crippen MR) is 110 cm³/mol. The second kappa shape index (κ2) is 7.24. The van der Waals surface area contributed by atoms with Crippen molar-refractivity contribution in [1.29, 1.82) is 0 Å². The molecular formula is C24H21NO3. The summed E-state index contributed by atoms with van der Waals surface area (Å²) in [4.78, 5) is 12.0. The average Bonchev–Trinajstić information content (AvgIpc) is 3.08. The number of rotatable bonds is 5. The molecule has 1 N–H and O–H groups in total. The fourth-order valence-corrected chi connectivity index (χ4v) is 3.52. The summed E-state index contributed by atoms with van der Waals surface area (Å²) in [6.07, 6.45) is 3.75.